The van der Waals surface area contributed by atoms with Crippen molar-refractivity contribution >= 4 is 11.8 Å². The summed E-state index contributed by atoms with van der Waals surface area (Å²) in [6, 6.07) is 15.3. The number of carbonyl (C=O) groups excluding carboxylic acids is 2. The van der Waals surface area contributed by atoms with E-state index in [1.54, 1.807) is 14.2 Å². The Kier molecular flexibility index (Phi) is 5.71. The van der Waals surface area contributed by atoms with Crippen LogP contribution < -0.4 is 15.2 Å². The predicted molar refractivity (Wildman–Crippen MR) is 128 cm³/mol. The Morgan fingerprint density at radius 1 is 0.882 bits per heavy atom. The fourth-order valence-corrected chi connectivity index (χ4v) is 4.76. The fourth-order valence-electron chi connectivity index (χ4n) is 4.76. The van der Waals surface area contributed by atoms with Crippen LogP contribution in [0.2, 0.25) is 0 Å². The number of hydrogen-bond donors (Lipinski definition) is 1. The standard InChI is InChI=1S/C27H26N2O5/c1-32-24-6-5-16(15-25(24)33-2)19-13-21-20-12-18(27(31)29-7-9-34-10-8-29)4-3-17(20)11-22(21)23(14-19)26(28)30/h3-6,12-15H,7-11H2,1-2H3,(H2,28,30). The number of primary amides is 1. The van der Waals surface area contributed by atoms with E-state index in [1.807, 2.05) is 47.4 Å². The van der Waals surface area contributed by atoms with Crippen molar-refractivity contribution in [2.75, 3.05) is 40.5 Å². The molecule has 1 aliphatic carbocycles. The van der Waals surface area contributed by atoms with Gasteiger partial charge in [0.15, 0.2) is 11.5 Å². The van der Waals surface area contributed by atoms with Crippen LogP contribution in [-0.4, -0.2) is 57.2 Å². The summed E-state index contributed by atoms with van der Waals surface area (Å²) < 4.78 is 16.2. The number of fused-ring (bicyclic) bond motifs is 3. The number of nitrogens with two attached hydrogens (primary N) is 1. The molecule has 2 N–H and O–H groups in total. The van der Waals surface area contributed by atoms with E-state index in [-0.39, 0.29) is 5.91 Å². The van der Waals surface area contributed by atoms with Crippen LogP contribution in [0.1, 0.15) is 31.8 Å². The van der Waals surface area contributed by atoms with Crippen molar-refractivity contribution in [3.05, 3.63) is 70.8 Å². The highest BCUT2D eigenvalue weighted by atomic mass is 16.5. The molecular formula is C27H26N2O5. The first-order chi connectivity index (χ1) is 16.5. The Morgan fingerprint density at radius 3 is 2.35 bits per heavy atom. The Labute approximate surface area is 198 Å². The summed E-state index contributed by atoms with van der Waals surface area (Å²) in [5.41, 5.74) is 12.5. The Bertz CT molecular complexity index is 1290. The summed E-state index contributed by atoms with van der Waals surface area (Å²) in [5.74, 6) is 0.737. The Balaban J connectivity index is 1.60. The van der Waals surface area contributed by atoms with Crippen molar-refractivity contribution < 1.29 is 23.8 Å². The van der Waals surface area contributed by atoms with E-state index in [4.69, 9.17) is 19.9 Å². The maximum absolute atomic E-state index is 13.1. The number of hydrogen-bond acceptors (Lipinski definition) is 5. The van der Waals surface area contributed by atoms with Crippen molar-refractivity contribution in [1.82, 2.24) is 4.90 Å². The molecule has 7 nitrogen and oxygen atoms in total. The van der Waals surface area contributed by atoms with Crippen LogP contribution in [0.5, 0.6) is 11.5 Å². The molecule has 1 saturated heterocycles. The average molecular weight is 459 g/mol. The van der Waals surface area contributed by atoms with Crippen LogP contribution in [0.4, 0.5) is 0 Å². The van der Waals surface area contributed by atoms with Gasteiger partial charge in [0.05, 0.1) is 27.4 Å². The second-order valence-electron chi connectivity index (χ2n) is 8.44. The molecule has 0 aromatic heterocycles. The molecule has 2 amide bonds. The minimum Gasteiger partial charge on any atom is -0.493 e. The molecule has 3 aromatic rings. The van der Waals surface area contributed by atoms with Gasteiger partial charge in [0.25, 0.3) is 5.91 Å². The lowest BCUT2D eigenvalue weighted by atomic mass is 9.93. The number of rotatable bonds is 5. The molecule has 1 aliphatic heterocycles. The number of benzene rings is 3. The molecule has 2 aliphatic rings. The van der Waals surface area contributed by atoms with Crippen molar-refractivity contribution in [1.29, 1.82) is 0 Å². The molecule has 0 radical (unpaired) electrons. The van der Waals surface area contributed by atoms with E-state index in [2.05, 4.69) is 6.07 Å². The van der Waals surface area contributed by atoms with Crippen molar-refractivity contribution in [2.45, 2.75) is 6.42 Å². The highest BCUT2D eigenvalue weighted by molar-refractivity contribution is 6.01. The summed E-state index contributed by atoms with van der Waals surface area (Å²) in [6.07, 6.45) is 0.598. The second-order valence-corrected chi connectivity index (χ2v) is 8.44. The lowest BCUT2D eigenvalue weighted by Crippen LogP contribution is -2.40. The predicted octanol–water partition coefficient (Wildman–Crippen LogP) is 3.51. The van der Waals surface area contributed by atoms with E-state index >= 15 is 0 Å². The van der Waals surface area contributed by atoms with Crippen LogP contribution in [-0.2, 0) is 11.2 Å². The summed E-state index contributed by atoms with van der Waals surface area (Å²) in [4.78, 5) is 27.3. The van der Waals surface area contributed by atoms with Crippen molar-refractivity contribution in [3.8, 4) is 33.8 Å². The molecule has 0 atom stereocenters. The molecule has 0 saturated carbocycles. The van der Waals surface area contributed by atoms with Gasteiger partial charge in [-0.15, -0.1) is 0 Å². The summed E-state index contributed by atoms with van der Waals surface area (Å²) in [6.45, 7) is 2.27. The summed E-state index contributed by atoms with van der Waals surface area (Å²) >= 11 is 0. The van der Waals surface area contributed by atoms with E-state index in [9.17, 15) is 9.59 Å². The first-order valence-corrected chi connectivity index (χ1v) is 11.2. The molecule has 0 unspecified atom stereocenters. The molecule has 0 bridgehead atoms. The third-order valence-corrected chi connectivity index (χ3v) is 6.54. The van der Waals surface area contributed by atoms with E-state index in [1.165, 1.54) is 0 Å². The Morgan fingerprint density at radius 2 is 1.65 bits per heavy atom. The monoisotopic (exact) mass is 458 g/mol. The maximum atomic E-state index is 13.1. The molecule has 7 heteroatoms. The van der Waals surface area contributed by atoms with Gasteiger partial charge < -0.3 is 24.8 Å². The highest BCUT2D eigenvalue weighted by Gasteiger charge is 2.27. The van der Waals surface area contributed by atoms with Gasteiger partial charge in [-0.3, -0.25) is 9.59 Å². The first-order valence-electron chi connectivity index (χ1n) is 11.2. The van der Waals surface area contributed by atoms with Gasteiger partial charge in [-0.2, -0.15) is 0 Å². The van der Waals surface area contributed by atoms with Gasteiger partial charge in [-0.05, 0) is 76.2 Å². The molecule has 3 aromatic carbocycles. The van der Waals surface area contributed by atoms with Gasteiger partial charge in [-0.25, -0.2) is 0 Å². The number of carbonyl (C=O) groups is 2. The number of methoxy groups -OCH3 is 2. The minimum absolute atomic E-state index is 0.00859. The molecule has 174 valence electrons. The lowest BCUT2D eigenvalue weighted by molar-refractivity contribution is 0.0303. The van der Waals surface area contributed by atoms with Gasteiger partial charge in [-0.1, -0.05) is 12.1 Å². The van der Waals surface area contributed by atoms with E-state index < -0.39 is 5.91 Å². The fraction of sp³-hybridized carbons (Fsp3) is 0.259. The number of amides is 2. The smallest absolute Gasteiger partial charge is 0.254 e. The third kappa shape index (κ3) is 3.78. The zero-order chi connectivity index (χ0) is 23.8. The number of nitrogens with zero attached hydrogens (tertiary/aromatic N) is 1. The quantitative estimate of drug-likeness (QED) is 0.494. The topological polar surface area (TPSA) is 91.1 Å². The average Bonchev–Trinajstić information content (AvgIpc) is 3.25. The zero-order valence-electron chi connectivity index (χ0n) is 19.2. The Hall–Kier alpha value is -3.84. The molecule has 0 spiro atoms. The molecule has 1 fully saturated rings. The zero-order valence-corrected chi connectivity index (χ0v) is 19.2. The number of morpholine rings is 1. The van der Waals surface area contributed by atoms with Gasteiger partial charge >= 0.3 is 0 Å². The molecular weight excluding hydrogens is 432 g/mol. The van der Waals surface area contributed by atoms with E-state index in [0.29, 0.717) is 55.4 Å². The van der Waals surface area contributed by atoms with Gasteiger partial charge in [0.1, 0.15) is 0 Å². The molecule has 34 heavy (non-hydrogen) atoms. The molecule has 5 rings (SSSR count). The van der Waals surface area contributed by atoms with Crippen LogP contribution in [0.3, 0.4) is 0 Å². The van der Waals surface area contributed by atoms with Crippen LogP contribution in [0.15, 0.2) is 48.5 Å². The van der Waals surface area contributed by atoms with E-state index in [0.717, 1.165) is 33.4 Å². The van der Waals surface area contributed by atoms with Crippen LogP contribution >= 0.6 is 0 Å². The third-order valence-electron chi connectivity index (χ3n) is 6.54. The summed E-state index contributed by atoms with van der Waals surface area (Å²) in [7, 11) is 3.17. The lowest BCUT2D eigenvalue weighted by Gasteiger charge is -2.27. The van der Waals surface area contributed by atoms with Crippen molar-refractivity contribution in [2.24, 2.45) is 5.73 Å². The second kappa shape index (κ2) is 8.83. The minimum atomic E-state index is -0.476. The van der Waals surface area contributed by atoms with Crippen LogP contribution in [0.25, 0.3) is 22.3 Å². The largest absolute Gasteiger partial charge is 0.493 e. The highest BCUT2D eigenvalue weighted by Crippen LogP contribution is 2.42. The van der Waals surface area contributed by atoms with Gasteiger partial charge in [0, 0.05) is 24.2 Å². The van der Waals surface area contributed by atoms with Crippen LogP contribution in [0, 0.1) is 0 Å². The van der Waals surface area contributed by atoms with Gasteiger partial charge in [0.2, 0.25) is 5.91 Å². The first kappa shape index (κ1) is 22.0. The summed E-state index contributed by atoms with van der Waals surface area (Å²) in [5, 5.41) is 0. The number of ether oxygens (including phenoxy) is 3. The maximum Gasteiger partial charge on any atom is 0.254 e. The SMILES string of the molecule is COc1ccc(-c2cc(C(N)=O)c3c(c2)-c2cc(C(=O)N4CCOCC4)ccc2C3)cc1OC. The normalized spacial score (nSPS) is 14.4. The molecule has 1 heterocycles. The van der Waals surface area contributed by atoms with Crippen molar-refractivity contribution in [3.63, 3.8) is 0 Å².